The number of nitrogens with two attached hydrogens (primary N) is 2. The minimum absolute atomic E-state index is 0.0568. The van der Waals surface area contributed by atoms with Crippen LogP contribution in [0.4, 0.5) is 27.8 Å². The van der Waals surface area contributed by atoms with Crippen LogP contribution < -0.4 is 11.5 Å². The Morgan fingerprint density at radius 2 is 1.79 bits per heavy atom. The lowest BCUT2D eigenvalue weighted by atomic mass is 9.34. The molecule has 2 bridgehead atoms. The number of anilines is 1. The van der Waals surface area contributed by atoms with Gasteiger partial charge in [-0.05, 0) is 44.7 Å². The van der Waals surface area contributed by atoms with Gasteiger partial charge in [-0.1, -0.05) is 11.2 Å². The Hall–Kier alpha value is -3.77. The number of benzene rings is 1. The lowest BCUT2D eigenvalue weighted by Crippen LogP contribution is -2.70. The minimum atomic E-state index is -4.26. The second kappa shape index (κ2) is 8.37. The van der Waals surface area contributed by atoms with E-state index in [1.165, 1.54) is 22.9 Å². The van der Waals surface area contributed by atoms with Crippen LogP contribution in [-0.4, -0.2) is 32.8 Å². The van der Waals surface area contributed by atoms with Gasteiger partial charge in [0.15, 0.2) is 11.6 Å². The fraction of sp³-hybridized carbons (Fsp3) is 0.440. The van der Waals surface area contributed by atoms with Gasteiger partial charge in [0.05, 0.1) is 17.5 Å². The number of primary amides is 1. The van der Waals surface area contributed by atoms with Gasteiger partial charge in [-0.2, -0.15) is 18.3 Å². The number of halogens is 5. The van der Waals surface area contributed by atoms with Gasteiger partial charge in [0.25, 0.3) is 5.91 Å². The van der Waals surface area contributed by atoms with Crippen LogP contribution >= 0.6 is 0 Å². The molecule has 2 heterocycles. The molecule has 3 aliphatic carbocycles. The van der Waals surface area contributed by atoms with Crippen molar-refractivity contribution in [2.24, 2.45) is 11.1 Å². The van der Waals surface area contributed by atoms with Crippen molar-refractivity contribution >= 4 is 17.5 Å². The predicted octanol–water partition coefficient (Wildman–Crippen LogP) is 4.42. The second-order valence-electron chi connectivity index (χ2n) is 10.6. The Morgan fingerprint density at radius 3 is 2.37 bits per heavy atom. The molecule has 4 N–H and O–H groups in total. The molecule has 0 aliphatic heterocycles. The molecule has 0 atom stereocenters. The zero-order chi connectivity index (χ0) is 27.8. The van der Waals surface area contributed by atoms with Crippen molar-refractivity contribution in [1.82, 2.24) is 14.9 Å². The fourth-order valence-corrected chi connectivity index (χ4v) is 5.66. The summed E-state index contributed by atoms with van der Waals surface area (Å²) >= 11 is 0. The van der Waals surface area contributed by atoms with E-state index in [1.54, 1.807) is 13.8 Å². The highest BCUT2D eigenvalue weighted by Gasteiger charge is 2.79. The van der Waals surface area contributed by atoms with E-state index in [2.05, 4.69) is 10.3 Å². The molecule has 3 aromatic rings. The maximum atomic E-state index is 15.1. The first-order valence-corrected chi connectivity index (χ1v) is 11.9. The monoisotopic (exact) mass is 537 g/mol. The van der Waals surface area contributed by atoms with Crippen LogP contribution in [0.25, 0.3) is 11.3 Å². The summed E-state index contributed by atoms with van der Waals surface area (Å²) in [6.07, 6.45) is -5.20. The first kappa shape index (κ1) is 25.9. The van der Waals surface area contributed by atoms with E-state index < -0.39 is 46.8 Å². The highest BCUT2D eigenvalue weighted by molar-refractivity contribution is 6.03. The highest BCUT2D eigenvalue weighted by Crippen LogP contribution is 2.78. The first-order valence-electron chi connectivity index (χ1n) is 11.9. The van der Waals surface area contributed by atoms with Crippen LogP contribution in [0.2, 0.25) is 0 Å². The number of Topliss-reactive ketones (excluding diaryl/α,β-unsaturated/α-hetero) is 1. The molecule has 0 saturated heterocycles. The second-order valence-corrected chi connectivity index (χ2v) is 10.6. The molecular weight excluding hydrogens is 513 g/mol. The zero-order valence-electron chi connectivity index (χ0n) is 20.5. The van der Waals surface area contributed by atoms with E-state index in [9.17, 15) is 27.2 Å². The summed E-state index contributed by atoms with van der Waals surface area (Å²) in [7, 11) is 0. The van der Waals surface area contributed by atoms with Crippen LogP contribution in [-0.2, 0) is 23.1 Å². The van der Waals surface area contributed by atoms with E-state index in [-0.39, 0.29) is 65.7 Å². The topological polar surface area (TPSA) is 130 Å². The van der Waals surface area contributed by atoms with Crippen molar-refractivity contribution in [3.8, 4) is 11.3 Å². The summed E-state index contributed by atoms with van der Waals surface area (Å²) in [6, 6.07) is 3.55. The van der Waals surface area contributed by atoms with Gasteiger partial charge in [-0.25, -0.2) is 13.5 Å². The maximum absolute atomic E-state index is 15.1. The molecule has 0 radical (unpaired) electrons. The van der Waals surface area contributed by atoms with E-state index in [0.29, 0.717) is 5.69 Å². The molecular formula is C25H24F5N5O3. The van der Waals surface area contributed by atoms with Gasteiger partial charge in [0.1, 0.15) is 28.6 Å². The molecule has 1 amide bonds. The number of carbonyl (C=O) groups excluding carboxylic acids is 2. The van der Waals surface area contributed by atoms with Crippen molar-refractivity contribution in [2.45, 2.75) is 63.6 Å². The molecule has 3 saturated carbocycles. The average molecular weight is 537 g/mol. The van der Waals surface area contributed by atoms with Crippen molar-refractivity contribution in [3.05, 3.63) is 52.4 Å². The molecule has 8 nitrogen and oxygen atoms in total. The molecule has 38 heavy (non-hydrogen) atoms. The minimum Gasteiger partial charge on any atom is -0.383 e. The lowest BCUT2D eigenvalue weighted by molar-refractivity contribution is -0.338. The van der Waals surface area contributed by atoms with Crippen molar-refractivity contribution in [2.75, 3.05) is 5.73 Å². The summed E-state index contributed by atoms with van der Waals surface area (Å²) in [5.41, 5.74) is 8.35. The summed E-state index contributed by atoms with van der Waals surface area (Å²) < 4.78 is 75.8. The third-order valence-corrected chi connectivity index (χ3v) is 7.59. The van der Waals surface area contributed by atoms with Gasteiger partial charge in [0, 0.05) is 29.5 Å². The Kier molecular flexibility index (Phi) is 5.69. The Balaban J connectivity index is 1.30. The number of hydrogen-bond donors (Lipinski definition) is 2. The summed E-state index contributed by atoms with van der Waals surface area (Å²) in [4.78, 5) is 24.5. The van der Waals surface area contributed by atoms with Crippen LogP contribution in [0, 0.1) is 17.0 Å². The molecule has 3 aliphatic rings. The SMILES string of the molecule is CC(C)n1nc(-c2ccc(CC(=O)Cc3cc(C45CC(C(F)(F)F)(C4)C5)no3)c(F)c2F)c(C(N)=O)c1N. The molecule has 3 fully saturated rings. The van der Waals surface area contributed by atoms with E-state index in [4.69, 9.17) is 16.0 Å². The number of aromatic nitrogens is 3. The smallest absolute Gasteiger partial charge is 0.383 e. The number of ketones is 1. The molecule has 202 valence electrons. The Labute approximate surface area is 213 Å². The zero-order valence-corrected chi connectivity index (χ0v) is 20.5. The molecule has 1 aromatic carbocycles. The number of rotatable bonds is 8. The summed E-state index contributed by atoms with van der Waals surface area (Å²) in [5.74, 6) is -4.05. The summed E-state index contributed by atoms with van der Waals surface area (Å²) in [6.45, 7) is 3.46. The number of amides is 1. The van der Waals surface area contributed by atoms with Crippen molar-refractivity contribution in [1.29, 1.82) is 0 Å². The largest absolute Gasteiger partial charge is 0.394 e. The third-order valence-electron chi connectivity index (χ3n) is 7.59. The number of alkyl halides is 3. The van der Waals surface area contributed by atoms with Crippen LogP contribution in [0.5, 0.6) is 0 Å². The number of nitrogen functional groups attached to an aromatic ring is 1. The van der Waals surface area contributed by atoms with Gasteiger partial charge in [-0.15, -0.1) is 0 Å². The molecule has 0 unspecified atom stereocenters. The molecule has 0 spiro atoms. The first-order chi connectivity index (χ1) is 17.7. The summed E-state index contributed by atoms with van der Waals surface area (Å²) in [5, 5.41) is 8.00. The maximum Gasteiger partial charge on any atom is 0.394 e. The molecule has 6 rings (SSSR count). The predicted molar refractivity (Wildman–Crippen MR) is 124 cm³/mol. The van der Waals surface area contributed by atoms with E-state index in [0.717, 1.165) is 0 Å². The standard InChI is InChI=1S/C25H24F5N5O3/c1-11(2)35-21(31)17(22(32)37)20(33-35)15-4-3-12(18(26)19(15)27)5-13(36)6-14-7-16(34-38-14)23-8-24(9-23,10-23)25(28,29)30/h3-4,7,11H,5-6,8-10,31H2,1-2H3,(H2,32,37). The van der Waals surface area contributed by atoms with Crippen molar-refractivity contribution in [3.63, 3.8) is 0 Å². The molecule has 2 aromatic heterocycles. The third kappa shape index (κ3) is 3.78. The van der Waals surface area contributed by atoms with Crippen LogP contribution in [0.1, 0.15) is 66.5 Å². The van der Waals surface area contributed by atoms with Crippen LogP contribution in [0.3, 0.4) is 0 Å². The highest BCUT2D eigenvalue weighted by atomic mass is 19.4. The Bertz CT molecular complexity index is 1450. The Morgan fingerprint density at radius 1 is 1.13 bits per heavy atom. The number of carbonyl (C=O) groups is 2. The van der Waals surface area contributed by atoms with Gasteiger partial charge in [-0.3, -0.25) is 9.59 Å². The fourth-order valence-electron chi connectivity index (χ4n) is 5.66. The quantitative estimate of drug-likeness (QED) is 0.409. The van der Waals surface area contributed by atoms with Crippen LogP contribution in [0.15, 0.2) is 22.7 Å². The van der Waals surface area contributed by atoms with Gasteiger partial charge < -0.3 is 16.0 Å². The number of nitrogens with zero attached hydrogens (tertiary/aromatic N) is 3. The van der Waals surface area contributed by atoms with Gasteiger partial charge >= 0.3 is 6.18 Å². The average Bonchev–Trinajstić information content (AvgIpc) is 3.33. The van der Waals surface area contributed by atoms with E-state index >= 15 is 4.39 Å². The number of hydrogen-bond acceptors (Lipinski definition) is 6. The van der Waals surface area contributed by atoms with Gasteiger partial charge in [0.2, 0.25) is 0 Å². The molecule has 13 heteroatoms. The normalized spacial score (nSPS) is 22.3. The van der Waals surface area contributed by atoms with Crippen molar-refractivity contribution < 1.29 is 36.1 Å². The van der Waals surface area contributed by atoms with E-state index in [1.807, 2.05) is 0 Å². The lowest BCUT2D eigenvalue weighted by Gasteiger charge is -2.69.